The number of benzene rings is 1. The van der Waals surface area contributed by atoms with Crippen LogP contribution in [0, 0.1) is 17.6 Å². The lowest BCUT2D eigenvalue weighted by molar-refractivity contribution is -0.124. The lowest BCUT2D eigenvalue weighted by Gasteiger charge is -2.10. The van der Waals surface area contributed by atoms with Crippen LogP contribution in [0.4, 0.5) is 0 Å². The van der Waals surface area contributed by atoms with Gasteiger partial charge in [-0.3, -0.25) is 19.3 Å². The minimum atomic E-state index is -0.0953. The molecule has 1 heterocycles. The van der Waals surface area contributed by atoms with E-state index in [2.05, 4.69) is 20.8 Å². The third-order valence-electron chi connectivity index (χ3n) is 3.87. The van der Waals surface area contributed by atoms with Crippen molar-refractivity contribution in [2.24, 2.45) is 5.92 Å². The topological polar surface area (TPSA) is 91.8 Å². The number of hydrogen-bond donors (Lipinski definition) is 3. The lowest BCUT2D eigenvalue weighted by Crippen LogP contribution is -2.36. The first-order valence-electron chi connectivity index (χ1n) is 8.65. The normalized spacial score (nSPS) is 10.8. The molecule has 2 amide bonds. The first-order chi connectivity index (χ1) is 12.4. The number of aryl methyl sites for hydroxylation is 1. The van der Waals surface area contributed by atoms with Gasteiger partial charge in [0.15, 0.2) is 10.6 Å². The van der Waals surface area contributed by atoms with Crippen LogP contribution in [0.2, 0.25) is 0 Å². The smallest absolute Gasteiger partial charge is 0.222 e. The molecule has 0 radical (unpaired) electrons. The Labute approximate surface area is 158 Å². The van der Waals surface area contributed by atoms with Crippen LogP contribution < -0.4 is 10.6 Å². The molecule has 0 bridgehead atoms. The third kappa shape index (κ3) is 5.52. The van der Waals surface area contributed by atoms with Crippen LogP contribution in [0.5, 0.6) is 0 Å². The number of nitrogens with one attached hydrogen (secondary N) is 3. The molecule has 8 heteroatoms. The molecular formula is C18H25N5O2S. The number of rotatable bonds is 8. The van der Waals surface area contributed by atoms with Crippen LogP contribution in [-0.2, 0) is 16.1 Å². The van der Waals surface area contributed by atoms with Crippen molar-refractivity contribution in [1.29, 1.82) is 0 Å². The van der Waals surface area contributed by atoms with Crippen LogP contribution in [-0.4, -0.2) is 39.7 Å². The number of hydrogen-bond acceptors (Lipinski definition) is 4. The summed E-state index contributed by atoms with van der Waals surface area (Å²) in [5, 5.41) is 12.6. The van der Waals surface area contributed by atoms with Gasteiger partial charge in [0.25, 0.3) is 0 Å². The third-order valence-corrected chi connectivity index (χ3v) is 4.18. The zero-order valence-corrected chi connectivity index (χ0v) is 16.2. The van der Waals surface area contributed by atoms with Crippen LogP contribution >= 0.6 is 12.2 Å². The molecule has 0 saturated carbocycles. The van der Waals surface area contributed by atoms with E-state index in [1.807, 2.05) is 49.6 Å². The summed E-state index contributed by atoms with van der Waals surface area (Å²) >= 11 is 5.28. The fraction of sp³-hybridized carbons (Fsp3) is 0.444. The summed E-state index contributed by atoms with van der Waals surface area (Å²) < 4.78 is 2.31. The van der Waals surface area contributed by atoms with Crippen LogP contribution in [0.3, 0.4) is 0 Å². The number of aromatic amines is 1. The minimum Gasteiger partial charge on any atom is -0.354 e. The highest BCUT2D eigenvalue weighted by atomic mass is 32.1. The zero-order valence-electron chi connectivity index (χ0n) is 15.3. The van der Waals surface area contributed by atoms with Gasteiger partial charge < -0.3 is 10.6 Å². The molecule has 26 heavy (non-hydrogen) atoms. The maximum atomic E-state index is 12.0. The van der Waals surface area contributed by atoms with E-state index >= 15 is 0 Å². The Morgan fingerprint density at radius 2 is 2.00 bits per heavy atom. The molecule has 0 spiro atoms. The van der Waals surface area contributed by atoms with Crippen LogP contribution in [0.1, 0.15) is 25.8 Å². The average molecular weight is 375 g/mol. The summed E-state index contributed by atoms with van der Waals surface area (Å²) in [4.78, 5) is 23.5. The number of H-pyrrole nitrogens is 1. The quantitative estimate of drug-likeness (QED) is 0.487. The van der Waals surface area contributed by atoms with E-state index in [0.29, 0.717) is 24.4 Å². The van der Waals surface area contributed by atoms with E-state index < -0.39 is 0 Å². The molecule has 1 aromatic heterocycles. The molecule has 0 aliphatic heterocycles. The van der Waals surface area contributed by atoms with E-state index in [0.717, 1.165) is 17.0 Å². The second-order valence-corrected chi connectivity index (χ2v) is 6.81. The SMILES string of the molecule is Cc1cccc(-c2n[nH]c(=S)n2CCC(=O)NCCNC(=O)C(C)C)c1. The van der Waals surface area contributed by atoms with Crippen molar-refractivity contribution in [1.82, 2.24) is 25.4 Å². The van der Waals surface area contributed by atoms with Gasteiger partial charge >= 0.3 is 0 Å². The van der Waals surface area contributed by atoms with Crippen molar-refractivity contribution >= 4 is 24.0 Å². The standard InChI is InChI=1S/C18H25N5O2S/c1-12(2)17(25)20-9-8-19-15(24)7-10-23-16(21-22-18(23)26)14-6-4-5-13(3)11-14/h4-6,11-12H,7-10H2,1-3H3,(H,19,24)(H,20,25)(H,22,26). The largest absolute Gasteiger partial charge is 0.354 e. The maximum Gasteiger partial charge on any atom is 0.222 e. The number of amides is 2. The number of carbonyl (C=O) groups excluding carboxylic acids is 2. The van der Waals surface area contributed by atoms with Crippen molar-refractivity contribution < 1.29 is 9.59 Å². The van der Waals surface area contributed by atoms with E-state index in [-0.39, 0.29) is 24.2 Å². The predicted molar refractivity (Wildman–Crippen MR) is 103 cm³/mol. The molecule has 3 N–H and O–H groups in total. The summed E-state index contributed by atoms with van der Waals surface area (Å²) in [5.74, 6) is 0.540. The van der Waals surface area contributed by atoms with E-state index in [4.69, 9.17) is 12.2 Å². The summed E-state index contributed by atoms with van der Waals surface area (Å²) in [6.07, 6.45) is 0.283. The second-order valence-electron chi connectivity index (χ2n) is 6.42. The summed E-state index contributed by atoms with van der Waals surface area (Å²) in [5.41, 5.74) is 2.08. The van der Waals surface area contributed by atoms with Gasteiger partial charge in [-0.1, -0.05) is 37.6 Å². The highest BCUT2D eigenvalue weighted by Crippen LogP contribution is 2.18. The molecule has 0 aliphatic rings. The van der Waals surface area contributed by atoms with Crippen molar-refractivity contribution in [3.05, 3.63) is 34.6 Å². The van der Waals surface area contributed by atoms with E-state index in [1.54, 1.807) is 0 Å². The average Bonchev–Trinajstić information content (AvgIpc) is 2.97. The highest BCUT2D eigenvalue weighted by Gasteiger charge is 2.11. The second kappa shape index (κ2) is 9.28. The molecule has 7 nitrogen and oxygen atoms in total. The van der Waals surface area contributed by atoms with Gasteiger partial charge in [0.2, 0.25) is 11.8 Å². The maximum absolute atomic E-state index is 12.0. The summed E-state index contributed by atoms with van der Waals surface area (Å²) in [6, 6.07) is 7.97. The molecule has 0 unspecified atom stereocenters. The molecule has 1 aromatic carbocycles. The molecule has 0 aliphatic carbocycles. The fourth-order valence-corrected chi connectivity index (χ4v) is 2.65. The first-order valence-corrected chi connectivity index (χ1v) is 9.06. The Bertz CT molecular complexity index is 825. The van der Waals surface area contributed by atoms with Crippen molar-refractivity contribution in [2.45, 2.75) is 33.7 Å². The van der Waals surface area contributed by atoms with Crippen LogP contribution in [0.25, 0.3) is 11.4 Å². The molecule has 140 valence electrons. The fourth-order valence-electron chi connectivity index (χ4n) is 2.42. The van der Waals surface area contributed by atoms with Crippen molar-refractivity contribution in [3.63, 3.8) is 0 Å². The summed E-state index contributed by atoms with van der Waals surface area (Å²) in [6.45, 7) is 6.92. The van der Waals surface area contributed by atoms with E-state index in [1.165, 1.54) is 0 Å². The van der Waals surface area contributed by atoms with Gasteiger partial charge in [-0.15, -0.1) is 0 Å². The van der Waals surface area contributed by atoms with Crippen molar-refractivity contribution in [3.8, 4) is 11.4 Å². The number of nitrogens with zero attached hydrogens (tertiary/aromatic N) is 2. The first kappa shape index (κ1) is 19.8. The zero-order chi connectivity index (χ0) is 19.1. The molecule has 0 atom stereocenters. The highest BCUT2D eigenvalue weighted by molar-refractivity contribution is 7.71. The monoisotopic (exact) mass is 375 g/mol. The molecule has 0 saturated heterocycles. The molecule has 0 fully saturated rings. The Balaban J connectivity index is 1.88. The van der Waals surface area contributed by atoms with Gasteiger partial charge in [0, 0.05) is 37.5 Å². The Kier molecular flexibility index (Phi) is 7.08. The summed E-state index contributed by atoms with van der Waals surface area (Å²) in [7, 11) is 0. The Hall–Kier alpha value is -2.48. The van der Waals surface area contributed by atoms with E-state index in [9.17, 15) is 9.59 Å². The number of aromatic nitrogens is 3. The van der Waals surface area contributed by atoms with Crippen molar-refractivity contribution in [2.75, 3.05) is 13.1 Å². The predicted octanol–water partition coefficient (Wildman–Crippen LogP) is 2.19. The minimum absolute atomic E-state index is 0.0215. The number of carbonyl (C=O) groups is 2. The molecule has 2 aromatic rings. The van der Waals surface area contributed by atoms with Gasteiger partial charge in [0.05, 0.1) is 0 Å². The van der Waals surface area contributed by atoms with Gasteiger partial charge in [-0.05, 0) is 25.2 Å². The van der Waals surface area contributed by atoms with Gasteiger partial charge in [-0.25, -0.2) is 0 Å². The Morgan fingerprint density at radius 1 is 1.27 bits per heavy atom. The Morgan fingerprint density at radius 3 is 2.69 bits per heavy atom. The lowest BCUT2D eigenvalue weighted by atomic mass is 10.1. The van der Waals surface area contributed by atoms with Crippen LogP contribution in [0.15, 0.2) is 24.3 Å². The van der Waals surface area contributed by atoms with Gasteiger partial charge in [-0.2, -0.15) is 5.10 Å². The van der Waals surface area contributed by atoms with Gasteiger partial charge in [0.1, 0.15) is 0 Å². The molecule has 2 rings (SSSR count). The molecular weight excluding hydrogens is 350 g/mol.